The molecular formula is C18H21NO3. The standard InChI is InChI=1S/C18H21NO3/c1-2-21-16-8-10-17(11-9-16)22-13-12-19-18(20)14-15-6-4-3-5-7-15/h3-11H,2,12-14H2,1H3,(H,19,20). The maximum Gasteiger partial charge on any atom is 0.224 e. The number of benzene rings is 2. The van der Waals surface area contributed by atoms with Gasteiger partial charge in [-0.05, 0) is 36.8 Å². The van der Waals surface area contributed by atoms with E-state index in [-0.39, 0.29) is 5.91 Å². The number of carbonyl (C=O) groups is 1. The van der Waals surface area contributed by atoms with Crippen molar-refractivity contribution >= 4 is 5.91 Å². The summed E-state index contributed by atoms with van der Waals surface area (Å²) in [6.07, 6.45) is 0.393. The molecule has 0 aliphatic heterocycles. The zero-order chi connectivity index (χ0) is 15.6. The summed E-state index contributed by atoms with van der Waals surface area (Å²) in [6.45, 7) is 3.52. The molecule has 0 aromatic heterocycles. The molecule has 116 valence electrons. The number of ether oxygens (including phenoxy) is 2. The lowest BCUT2D eigenvalue weighted by molar-refractivity contribution is -0.120. The van der Waals surface area contributed by atoms with E-state index in [1.54, 1.807) is 0 Å². The Hall–Kier alpha value is -2.49. The fourth-order valence-electron chi connectivity index (χ4n) is 2.00. The van der Waals surface area contributed by atoms with E-state index in [9.17, 15) is 4.79 Å². The highest BCUT2D eigenvalue weighted by Gasteiger charge is 2.02. The van der Waals surface area contributed by atoms with Crippen LogP contribution in [0.2, 0.25) is 0 Å². The lowest BCUT2D eigenvalue weighted by Crippen LogP contribution is -2.29. The van der Waals surface area contributed by atoms with Gasteiger partial charge < -0.3 is 14.8 Å². The molecule has 0 heterocycles. The zero-order valence-corrected chi connectivity index (χ0v) is 12.7. The summed E-state index contributed by atoms with van der Waals surface area (Å²) in [6, 6.07) is 17.1. The molecule has 0 saturated carbocycles. The summed E-state index contributed by atoms with van der Waals surface area (Å²) in [5.41, 5.74) is 1.01. The maximum absolute atomic E-state index is 11.8. The molecule has 0 unspecified atom stereocenters. The Morgan fingerprint density at radius 3 is 2.23 bits per heavy atom. The minimum atomic E-state index is 0.00138. The van der Waals surface area contributed by atoms with Crippen LogP contribution in [0.15, 0.2) is 54.6 Å². The molecule has 0 bridgehead atoms. The first-order valence-electron chi connectivity index (χ1n) is 7.44. The number of nitrogens with one attached hydrogen (secondary N) is 1. The first-order chi connectivity index (χ1) is 10.8. The minimum absolute atomic E-state index is 0.00138. The monoisotopic (exact) mass is 299 g/mol. The Morgan fingerprint density at radius 2 is 1.59 bits per heavy atom. The fourth-order valence-corrected chi connectivity index (χ4v) is 2.00. The van der Waals surface area contributed by atoms with Crippen LogP contribution in [0.5, 0.6) is 11.5 Å². The van der Waals surface area contributed by atoms with E-state index in [1.165, 1.54) is 0 Å². The van der Waals surface area contributed by atoms with Gasteiger partial charge >= 0.3 is 0 Å². The van der Waals surface area contributed by atoms with Crippen molar-refractivity contribution in [3.05, 3.63) is 60.2 Å². The van der Waals surface area contributed by atoms with Crippen LogP contribution in [0, 0.1) is 0 Å². The third-order valence-electron chi connectivity index (χ3n) is 3.04. The van der Waals surface area contributed by atoms with E-state index in [2.05, 4.69) is 5.32 Å². The molecule has 0 radical (unpaired) electrons. The van der Waals surface area contributed by atoms with Crippen molar-refractivity contribution < 1.29 is 14.3 Å². The Kier molecular flexibility index (Phi) is 6.30. The molecule has 0 spiro atoms. The third kappa shape index (κ3) is 5.48. The molecule has 2 aromatic rings. The van der Waals surface area contributed by atoms with Gasteiger partial charge in [-0.2, -0.15) is 0 Å². The smallest absolute Gasteiger partial charge is 0.224 e. The molecule has 1 amide bonds. The summed E-state index contributed by atoms with van der Waals surface area (Å²) in [5.74, 6) is 1.59. The fraction of sp³-hybridized carbons (Fsp3) is 0.278. The average molecular weight is 299 g/mol. The quantitative estimate of drug-likeness (QED) is 0.763. The van der Waals surface area contributed by atoms with Gasteiger partial charge in [-0.3, -0.25) is 4.79 Å². The Morgan fingerprint density at radius 1 is 0.955 bits per heavy atom. The molecular weight excluding hydrogens is 278 g/mol. The molecule has 4 heteroatoms. The summed E-state index contributed by atoms with van der Waals surface area (Å²) < 4.78 is 10.9. The minimum Gasteiger partial charge on any atom is -0.494 e. The van der Waals surface area contributed by atoms with Crippen molar-refractivity contribution in [3.8, 4) is 11.5 Å². The number of rotatable bonds is 8. The van der Waals surface area contributed by atoms with Gasteiger partial charge in [0.15, 0.2) is 0 Å². The highest BCUT2D eigenvalue weighted by molar-refractivity contribution is 5.78. The van der Waals surface area contributed by atoms with Gasteiger partial charge in [0.25, 0.3) is 0 Å². The van der Waals surface area contributed by atoms with Crippen molar-refractivity contribution in [2.75, 3.05) is 19.8 Å². The normalized spacial score (nSPS) is 10.0. The van der Waals surface area contributed by atoms with Gasteiger partial charge in [-0.15, -0.1) is 0 Å². The van der Waals surface area contributed by atoms with Crippen LogP contribution in [-0.2, 0) is 11.2 Å². The Balaban J connectivity index is 1.65. The predicted molar refractivity (Wildman–Crippen MR) is 86.3 cm³/mol. The molecule has 0 aliphatic carbocycles. The number of hydrogen-bond acceptors (Lipinski definition) is 3. The number of amides is 1. The van der Waals surface area contributed by atoms with Crippen LogP contribution in [0.3, 0.4) is 0 Å². The molecule has 0 saturated heterocycles. The largest absolute Gasteiger partial charge is 0.494 e. The van der Waals surface area contributed by atoms with E-state index in [0.717, 1.165) is 17.1 Å². The van der Waals surface area contributed by atoms with E-state index in [1.807, 2.05) is 61.5 Å². The van der Waals surface area contributed by atoms with E-state index in [4.69, 9.17) is 9.47 Å². The van der Waals surface area contributed by atoms with Gasteiger partial charge in [0.1, 0.15) is 18.1 Å². The van der Waals surface area contributed by atoms with Gasteiger partial charge in [-0.1, -0.05) is 30.3 Å². The highest BCUT2D eigenvalue weighted by Crippen LogP contribution is 2.17. The first-order valence-corrected chi connectivity index (χ1v) is 7.44. The summed E-state index contributed by atoms with van der Waals surface area (Å²) in [4.78, 5) is 11.8. The predicted octanol–water partition coefficient (Wildman–Crippen LogP) is 2.82. The lowest BCUT2D eigenvalue weighted by atomic mass is 10.1. The first kappa shape index (κ1) is 15.9. The van der Waals surface area contributed by atoms with E-state index < -0.39 is 0 Å². The van der Waals surface area contributed by atoms with Crippen LogP contribution in [0.25, 0.3) is 0 Å². The van der Waals surface area contributed by atoms with Crippen LogP contribution >= 0.6 is 0 Å². The van der Waals surface area contributed by atoms with Crippen LogP contribution in [0.4, 0.5) is 0 Å². The second kappa shape index (κ2) is 8.72. The van der Waals surface area contributed by atoms with Gasteiger partial charge in [-0.25, -0.2) is 0 Å². The highest BCUT2D eigenvalue weighted by atomic mass is 16.5. The van der Waals surface area contributed by atoms with Crippen LogP contribution < -0.4 is 14.8 Å². The van der Waals surface area contributed by atoms with Crippen molar-refractivity contribution in [1.29, 1.82) is 0 Å². The number of carbonyl (C=O) groups excluding carboxylic acids is 1. The van der Waals surface area contributed by atoms with Crippen LogP contribution in [0.1, 0.15) is 12.5 Å². The second-order valence-electron chi connectivity index (χ2n) is 4.77. The molecule has 22 heavy (non-hydrogen) atoms. The van der Waals surface area contributed by atoms with E-state index in [0.29, 0.717) is 26.2 Å². The van der Waals surface area contributed by atoms with Crippen molar-refractivity contribution in [3.63, 3.8) is 0 Å². The molecule has 2 aromatic carbocycles. The molecule has 0 fully saturated rings. The third-order valence-corrected chi connectivity index (χ3v) is 3.04. The number of hydrogen-bond donors (Lipinski definition) is 1. The summed E-state index contributed by atoms with van der Waals surface area (Å²) in [5, 5.41) is 2.84. The summed E-state index contributed by atoms with van der Waals surface area (Å²) >= 11 is 0. The van der Waals surface area contributed by atoms with Crippen molar-refractivity contribution in [1.82, 2.24) is 5.32 Å². The lowest BCUT2D eigenvalue weighted by Gasteiger charge is -2.09. The molecule has 0 aliphatic rings. The van der Waals surface area contributed by atoms with Gasteiger partial charge in [0.2, 0.25) is 5.91 Å². The molecule has 2 rings (SSSR count). The average Bonchev–Trinajstić information content (AvgIpc) is 2.54. The van der Waals surface area contributed by atoms with Crippen molar-refractivity contribution in [2.24, 2.45) is 0 Å². The summed E-state index contributed by atoms with van der Waals surface area (Å²) in [7, 11) is 0. The van der Waals surface area contributed by atoms with Crippen molar-refractivity contribution in [2.45, 2.75) is 13.3 Å². The maximum atomic E-state index is 11.8. The van der Waals surface area contributed by atoms with Gasteiger partial charge in [0.05, 0.1) is 19.6 Å². The second-order valence-corrected chi connectivity index (χ2v) is 4.77. The molecule has 4 nitrogen and oxygen atoms in total. The Bertz CT molecular complexity index is 567. The SMILES string of the molecule is CCOc1ccc(OCCNC(=O)Cc2ccccc2)cc1. The van der Waals surface area contributed by atoms with Gasteiger partial charge in [0, 0.05) is 0 Å². The molecule has 1 N–H and O–H groups in total. The van der Waals surface area contributed by atoms with E-state index >= 15 is 0 Å². The topological polar surface area (TPSA) is 47.6 Å². The zero-order valence-electron chi connectivity index (χ0n) is 12.7. The Labute approximate surface area is 131 Å². The van der Waals surface area contributed by atoms with Crippen LogP contribution in [-0.4, -0.2) is 25.7 Å². The molecule has 0 atom stereocenters.